The number of unbranched alkanes of at least 4 members (excludes halogenated alkanes) is 1. The van der Waals surface area contributed by atoms with E-state index < -0.39 is 24.1 Å². The minimum Gasteiger partial charge on any atom is -0.449 e. The van der Waals surface area contributed by atoms with Crippen molar-refractivity contribution >= 4 is 29.5 Å². The summed E-state index contributed by atoms with van der Waals surface area (Å²) >= 11 is 0. The molecule has 3 aromatic rings. The van der Waals surface area contributed by atoms with E-state index >= 15 is 0 Å². The largest absolute Gasteiger partial charge is 0.449 e. The molecule has 0 spiro atoms. The standard InChI is InChI=1S/C40H53N5O8/c1-28(38(48)44-36(14-8-9-21-45(2)3)39(49)43-30-17-15-29(26-46)16-18-30)42-37(47)19-22-51-24-25-52-23-20-41-40(50)53-27-35-33-12-6-4-10-31(33)32-11-5-7-13-34(32)35/h4-7,10-13,15-18,28,35-36,46H,8-9,14,19-27H2,1-3H3,(H,41,50)(H,42,47)(H,43,49)(H,44,48)/t28-,36-/m0/s1. The molecule has 286 valence electrons. The fourth-order valence-corrected chi connectivity index (χ4v) is 6.01. The van der Waals surface area contributed by atoms with Gasteiger partial charge in [-0.25, -0.2) is 4.79 Å². The highest BCUT2D eigenvalue weighted by Gasteiger charge is 2.29. The van der Waals surface area contributed by atoms with Crippen LogP contribution in [0.5, 0.6) is 0 Å². The third-order valence-electron chi connectivity index (χ3n) is 8.86. The Hall–Kier alpha value is -4.82. The number of rotatable bonds is 22. The molecule has 4 amide bonds. The van der Waals surface area contributed by atoms with Gasteiger partial charge in [-0.05, 0) is 86.8 Å². The van der Waals surface area contributed by atoms with E-state index in [1.54, 1.807) is 31.2 Å². The van der Waals surface area contributed by atoms with Crippen molar-refractivity contribution in [3.8, 4) is 11.1 Å². The molecule has 13 nitrogen and oxygen atoms in total. The summed E-state index contributed by atoms with van der Waals surface area (Å²) in [4.78, 5) is 52.9. The number of ether oxygens (including phenoxy) is 3. The van der Waals surface area contributed by atoms with Crippen LogP contribution >= 0.6 is 0 Å². The number of anilines is 1. The number of aliphatic hydroxyl groups is 1. The Balaban J connectivity index is 1.06. The van der Waals surface area contributed by atoms with Gasteiger partial charge >= 0.3 is 6.09 Å². The predicted molar refractivity (Wildman–Crippen MR) is 202 cm³/mol. The van der Waals surface area contributed by atoms with Gasteiger partial charge in [0.15, 0.2) is 0 Å². The van der Waals surface area contributed by atoms with Crippen LogP contribution in [0.4, 0.5) is 10.5 Å². The smallest absolute Gasteiger partial charge is 0.407 e. The summed E-state index contributed by atoms with van der Waals surface area (Å²) in [7, 11) is 3.95. The minimum atomic E-state index is -0.865. The maximum Gasteiger partial charge on any atom is 0.407 e. The molecule has 3 aromatic carbocycles. The Bertz CT molecular complexity index is 1590. The van der Waals surface area contributed by atoms with E-state index in [0.717, 1.165) is 36.1 Å². The van der Waals surface area contributed by atoms with Crippen molar-refractivity contribution in [1.29, 1.82) is 0 Å². The summed E-state index contributed by atoms with van der Waals surface area (Å²) in [5, 5.41) is 20.2. The van der Waals surface area contributed by atoms with Crippen LogP contribution in [0.25, 0.3) is 11.1 Å². The van der Waals surface area contributed by atoms with Gasteiger partial charge in [0.1, 0.15) is 18.7 Å². The van der Waals surface area contributed by atoms with E-state index in [1.165, 1.54) is 11.1 Å². The van der Waals surface area contributed by atoms with Gasteiger partial charge in [0.2, 0.25) is 17.7 Å². The lowest BCUT2D eigenvalue weighted by atomic mass is 9.98. The zero-order chi connectivity index (χ0) is 38.0. The molecule has 0 radical (unpaired) electrons. The summed E-state index contributed by atoms with van der Waals surface area (Å²) in [5.41, 5.74) is 5.91. The molecular formula is C40H53N5O8. The van der Waals surface area contributed by atoms with Gasteiger partial charge in [0, 0.05) is 24.6 Å². The van der Waals surface area contributed by atoms with Gasteiger partial charge in [0.05, 0.1) is 33.0 Å². The number of carbonyl (C=O) groups excluding carboxylic acids is 4. The fourth-order valence-electron chi connectivity index (χ4n) is 6.01. The van der Waals surface area contributed by atoms with Crippen molar-refractivity contribution in [2.75, 3.05) is 65.5 Å². The first-order valence-corrected chi connectivity index (χ1v) is 18.2. The number of hydrogen-bond acceptors (Lipinski definition) is 9. The lowest BCUT2D eigenvalue weighted by Crippen LogP contribution is -2.51. The second-order valence-corrected chi connectivity index (χ2v) is 13.2. The summed E-state index contributed by atoms with van der Waals surface area (Å²) in [5.74, 6) is -1.20. The molecule has 5 N–H and O–H groups in total. The fraction of sp³-hybridized carbons (Fsp3) is 0.450. The van der Waals surface area contributed by atoms with Gasteiger partial charge in [-0.15, -0.1) is 0 Å². The predicted octanol–water partition coefficient (Wildman–Crippen LogP) is 3.80. The molecule has 0 saturated heterocycles. The molecule has 53 heavy (non-hydrogen) atoms. The Morgan fingerprint density at radius 1 is 0.792 bits per heavy atom. The summed E-state index contributed by atoms with van der Waals surface area (Å²) < 4.78 is 16.5. The molecule has 0 unspecified atom stereocenters. The Morgan fingerprint density at radius 2 is 1.43 bits per heavy atom. The molecule has 13 heteroatoms. The molecule has 1 aliphatic rings. The second kappa shape index (κ2) is 21.6. The maximum absolute atomic E-state index is 13.1. The quantitative estimate of drug-likeness (QED) is 0.0967. The third kappa shape index (κ3) is 13.3. The van der Waals surface area contributed by atoms with Crippen LogP contribution in [0.1, 0.15) is 55.2 Å². The Morgan fingerprint density at radius 3 is 2.08 bits per heavy atom. The lowest BCUT2D eigenvalue weighted by molar-refractivity contribution is -0.131. The van der Waals surface area contributed by atoms with Crippen molar-refractivity contribution in [1.82, 2.24) is 20.9 Å². The van der Waals surface area contributed by atoms with Crippen LogP contribution in [0.15, 0.2) is 72.8 Å². The topological polar surface area (TPSA) is 168 Å². The van der Waals surface area contributed by atoms with Gasteiger partial charge in [-0.1, -0.05) is 60.7 Å². The average molecular weight is 732 g/mol. The zero-order valence-corrected chi connectivity index (χ0v) is 30.9. The van der Waals surface area contributed by atoms with E-state index in [9.17, 15) is 24.3 Å². The van der Waals surface area contributed by atoms with Crippen molar-refractivity contribution in [2.45, 2.75) is 57.2 Å². The van der Waals surface area contributed by atoms with Crippen molar-refractivity contribution < 1.29 is 38.5 Å². The molecule has 0 aromatic heterocycles. The summed E-state index contributed by atoms with van der Waals surface area (Å²) in [6, 6.07) is 21.5. The molecule has 2 atom stereocenters. The van der Waals surface area contributed by atoms with Crippen LogP contribution in [-0.2, 0) is 35.2 Å². The highest BCUT2D eigenvalue weighted by molar-refractivity contribution is 5.98. The summed E-state index contributed by atoms with van der Waals surface area (Å²) in [6.45, 7) is 3.75. The number of carbonyl (C=O) groups is 4. The number of hydrogen-bond donors (Lipinski definition) is 5. The summed E-state index contributed by atoms with van der Waals surface area (Å²) in [6.07, 6.45) is 1.54. The van der Waals surface area contributed by atoms with Crippen LogP contribution in [0.3, 0.4) is 0 Å². The average Bonchev–Trinajstić information content (AvgIpc) is 3.47. The third-order valence-corrected chi connectivity index (χ3v) is 8.86. The molecule has 0 heterocycles. The van der Waals surface area contributed by atoms with Crippen LogP contribution < -0.4 is 21.3 Å². The first-order chi connectivity index (χ1) is 25.7. The van der Waals surface area contributed by atoms with Crippen LogP contribution in [0.2, 0.25) is 0 Å². The maximum atomic E-state index is 13.1. The van der Waals surface area contributed by atoms with E-state index in [1.807, 2.05) is 38.4 Å². The van der Waals surface area contributed by atoms with Crippen molar-refractivity contribution in [3.63, 3.8) is 0 Å². The molecule has 0 fully saturated rings. The number of nitrogens with zero attached hydrogens (tertiary/aromatic N) is 1. The lowest BCUT2D eigenvalue weighted by Gasteiger charge is -2.22. The van der Waals surface area contributed by atoms with Crippen molar-refractivity contribution in [2.24, 2.45) is 0 Å². The first-order valence-electron chi connectivity index (χ1n) is 18.2. The van der Waals surface area contributed by atoms with E-state index in [2.05, 4.69) is 50.4 Å². The van der Waals surface area contributed by atoms with Gasteiger partial charge in [0.25, 0.3) is 0 Å². The van der Waals surface area contributed by atoms with E-state index in [4.69, 9.17) is 14.2 Å². The van der Waals surface area contributed by atoms with Crippen LogP contribution in [-0.4, -0.2) is 106 Å². The highest BCUT2D eigenvalue weighted by Crippen LogP contribution is 2.44. The first kappa shape index (κ1) is 40.9. The zero-order valence-electron chi connectivity index (χ0n) is 30.9. The van der Waals surface area contributed by atoms with Gasteiger partial charge in [-0.3, -0.25) is 14.4 Å². The second-order valence-electron chi connectivity index (χ2n) is 13.2. The van der Waals surface area contributed by atoms with E-state index in [0.29, 0.717) is 12.1 Å². The van der Waals surface area contributed by atoms with Gasteiger partial charge in [-0.2, -0.15) is 0 Å². The molecule has 0 saturated carbocycles. The number of benzene rings is 3. The number of nitrogens with one attached hydrogen (secondary N) is 4. The molecular weight excluding hydrogens is 678 g/mol. The van der Waals surface area contributed by atoms with Crippen molar-refractivity contribution in [3.05, 3.63) is 89.5 Å². The van der Waals surface area contributed by atoms with E-state index in [-0.39, 0.29) is 70.3 Å². The molecule has 1 aliphatic carbocycles. The minimum absolute atomic E-state index is 0.00819. The number of fused-ring (bicyclic) bond motifs is 3. The SMILES string of the molecule is C[C@H](NC(=O)CCOCCOCCNC(=O)OCC1c2ccccc2-c2ccccc21)C(=O)N[C@@H](CCCCN(C)C)C(=O)Nc1ccc(CO)cc1. The van der Waals surface area contributed by atoms with Crippen LogP contribution in [0, 0.1) is 0 Å². The monoisotopic (exact) mass is 731 g/mol. The number of alkyl carbamates (subject to hydrolysis) is 1. The number of amides is 4. The number of aliphatic hydroxyl groups excluding tert-OH is 1. The molecule has 0 bridgehead atoms. The normalized spacial score (nSPS) is 13.1. The Kier molecular flexibility index (Phi) is 16.7. The Labute approximate surface area is 311 Å². The highest BCUT2D eigenvalue weighted by atomic mass is 16.6. The molecule has 4 rings (SSSR count). The molecule has 0 aliphatic heterocycles. The van der Waals surface area contributed by atoms with Gasteiger partial charge < -0.3 is 45.5 Å².